The number of amides is 1. The zero-order valence-corrected chi connectivity index (χ0v) is 19.0. The lowest BCUT2D eigenvalue weighted by molar-refractivity contribution is -0.117. The van der Waals surface area contributed by atoms with E-state index in [1.54, 1.807) is 0 Å². The molecule has 2 aromatic carbocycles. The summed E-state index contributed by atoms with van der Waals surface area (Å²) in [5.74, 6) is -0.0263. The van der Waals surface area contributed by atoms with Crippen molar-refractivity contribution in [1.82, 2.24) is 30.5 Å². The Kier molecular flexibility index (Phi) is 5.54. The molecule has 0 unspecified atom stereocenters. The van der Waals surface area contributed by atoms with Gasteiger partial charge in [0.15, 0.2) is 10.8 Å². The number of carbonyl (C=O) groups is 1. The first kappa shape index (κ1) is 20.5. The highest BCUT2D eigenvalue weighted by Gasteiger charge is 2.15. The Morgan fingerprint density at radius 2 is 1.97 bits per heavy atom. The molecule has 0 spiro atoms. The molecule has 0 fully saturated rings. The second-order valence-electron chi connectivity index (χ2n) is 7.22. The monoisotopic (exact) mass is 461 g/mol. The van der Waals surface area contributed by atoms with Gasteiger partial charge in [-0.05, 0) is 13.0 Å². The number of nitrogens with zero attached hydrogens (tertiary/aromatic N) is 5. The van der Waals surface area contributed by atoms with Crippen LogP contribution in [0.5, 0.6) is 0 Å². The van der Waals surface area contributed by atoms with E-state index < -0.39 is 0 Å². The zero-order valence-electron chi connectivity index (χ0n) is 17.4. The van der Waals surface area contributed by atoms with Crippen LogP contribution in [0.1, 0.15) is 11.1 Å². The van der Waals surface area contributed by atoms with E-state index in [1.165, 1.54) is 29.1 Å². The molecule has 1 aliphatic heterocycles. The molecule has 1 amide bonds. The third-order valence-electron chi connectivity index (χ3n) is 4.99. The minimum absolute atomic E-state index is 0.158. The van der Waals surface area contributed by atoms with E-state index in [-0.39, 0.29) is 11.7 Å². The third kappa shape index (κ3) is 4.06. The fraction of sp³-hybridized carbons (Fsp3) is 0.136. The number of aromatic nitrogens is 4. The Bertz CT molecular complexity index is 1390. The van der Waals surface area contributed by atoms with Crippen LogP contribution in [0.4, 0.5) is 0 Å². The van der Waals surface area contributed by atoms with Gasteiger partial charge in [-0.1, -0.05) is 71.6 Å². The molecule has 5 rings (SSSR count). The maximum atomic E-state index is 12.4. The summed E-state index contributed by atoms with van der Waals surface area (Å²) in [7, 11) is 1.95. The van der Waals surface area contributed by atoms with Crippen molar-refractivity contribution in [2.45, 2.75) is 12.1 Å². The van der Waals surface area contributed by atoms with Crippen LogP contribution in [0.25, 0.3) is 27.8 Å². The molecule has 3 heterocycles. The van der Waals surface area contributed by atoms with Gasteiger partial charge in [0, 0.05) is 23.4 Å². The first-order chi connectivity index (χ1) is 15.6. The number of hydrogen-bond donors (Lipinski definition) is 2. The van der Waals surface area contributed by atoms with E-state index in [2.05, 4.69) is 31.0 Å². The first-order valence-electron chi connectivity index (χ1n) is 9.86. The predicted octanol–water partition coefficient (Wildman–Crippen LogP) is 3.64. The van der Waals surface area contributed by atoms with Crippen LogP contribution in [0.15, 0.2) is 64.2 Å². The van der Waals surface area contributed by atoms with E-state index in [4.69, 9.17) is 0 Å². The summed E-state index contributed by atoms with van der Waals surface area (Å²) in [6.07, 6.45) is 0. The molecule has 4 aromatic rings. The highest BCUT2D eigenvalue weighted by molar-refractivity contribution is 8.16. The minimum Gasteiger partial charge on any atom is -0.327 e. The topological polar surface area (TPSA) is 97.1 Å². The van der Waals surface area contributed by atoms with Gasteiger partial charge in [-0.3, -0.25) is 10.2 Å². The molecule has 10 heteroatoms. The number of fused-ring (bicyclic) bond motifs is 3. The number of benzene rings is 2. The van der Waals surface area contributed by atoms with Crippen LogP contribution >= 0.6 is 23.5 Å². The van der Waals surface area contributed by atoms with Crippen LogP contribution in [0.3, 0.4) is 0 Å². The van der Waals surface area contributed by atoms with Crippen molar-refractivity contribution < 1.29 is 4.79 Å². The zero-order chi connectivity index (χ0) is 22.1. The van der Waals surface area contributed by atoms with Gasteiger partial charge in [0.25, 0.3) is 0 Å². The van der Waals surface area contributed by atoms with Crippen LogP contribution in [-0.4, -0.2) is 36.6 Å². The lowest BCUT2D eigenvalue weighted by Gasteiger charge is -2.14. The van der Waals surface area contributed by atoms with E-state index >= 15 is 0 Å². The van der Waals surface area contributed by atoms with E-state index in [1.807, 2.05) is 72.5 Å². The Morgan fingerprint density at radius 3 is 2.75 bits per heavy atom. The number of hydrazone groups is 1. The van der Waals surface area contributed by atoms with Crippen LogP contribution in [-0.2, 0) is 11.8 Å². The molecule has 2 aromatic heterocycles. The second-order valence-corrected chi connectivity index (χ2v) is 9.02. The van der Waals surface area contributed by atoms with E-state index in [0.717, 1.165) is 33.3 Å². The van der Waals surface area contributed by atoms with Crippen molar-refractivity contribution in [3.63, 3.8) is 0 Å². The van der Waals surface area contributed by atoms with E-state index in [0.29, 0.717) is 10.3 Å². The minimum atomic E-state index is -0.184. The summed E-state index contributed by atoms with van der Waals surface area (Å²) < 4.78 is 1.99. The van der Waals surface area contributed by atoms with Gasteiger partial charge in [0.2, 0.25) is 11.1 Å². The van der Waals surface area contributed by atoms with Gasteiger partial charge >= 0.3 is 0 Å². The number of carbonyl (C=O) groups excluding carboxylic acids is 1. The number of nitrogens with one attached hydrogen (secondary N) is 2. The normalized spacial score (nSPS) is 13.6. The largest absolute Gasteiger partial charge is 0.327 e. The smallest absolute Gasteiger partial charge is 0.236 e. The van der Waals surface area contributed by atoms with Gasteiger partial charge in [-0.15, -0.1) is 15.3 Å². The molecule has 0 aliphatic carbocycles. The quantitative estimate of drug-likeness (QED) is 0.448. The summed E-state index contributed by atoms with van der Waals surface area (Å²) >= 11 is 2.60. The van der Waals surface area contributed by atoms with Gasteiger partial charge < -0.3 is 9.88 Å². The standard InChI is InChI=1S/C22H19N7OS2/c1-13-7-9-14(10-8-13)16-11-31-21(27-25-16)23-18(30)12-32-22-24-20-19(26-28-22)15-5-3-4-6-17(15)29(20)2/h3-11,25H,12H2,1-2H3,(H,23,27,30). The number of aryl methyl sites for hydroxylation is 2. The van der Waals surface area contributed by atoms with Crippen molar-refractivity contribution in [2.24, 2.45) is 12.1 Å². The highest BCUT2D eigenvalue weighted by atomic mass is 32.2. The van der Waals surface area contributed by atoms with Crippen LogP contribution < -0.4 is 10.7 Å². The number of rotatable bonds is 4. The molecule has 0 radical (unpaired) electrons. The molecule has 2 N–H and O–H groups in total. The van der Waals surface area contributed by atoms with Crippen molar-refractivity contribution in [3.8, 4) is 0 Å². The maximum Gasteiger partial charge on any atom is 0.236 e. The molecule has 8 nitrogen and oxygen atoms in total. The first-order valence-corrected chi connectivity index (χ1v) is 11.7. The third-order valence-corrected chi connectivity index (χ3v) is 6.60. The second kappa shape index (κ2) is 8.64. The summed E-state index contributed by atoms with van der Waals surface area (Å²) in [5, 5.41) is 19.5. The molecule has 160 valence electrons. The summed E-state index contributed by atoms with van der Waals surface area (Å²) in [4.78, 5) is 17.0. The molecule has 0 atom stereocenters. The average molecular weight is 462 g/mol. The van der Waals surface area contributed by atoms with Gasteiger partial charge in [0.1, 0.15) is 5.52 Å². The SMILES string of the molecule is Cc1ccc(C2=CSC(NC(=O)CSc3nnc4c5ccccc5n(C)c4n3)=NN2)cc1. The highest BCUT2D eigenvalue weighted by Crippen LogP contribution is 2.26. The van der Waals surface area contributed by atoms with Crippen LogP contribution in [0, 0.1) is 6.92 Å². The Labute approximate surface area is 192 Å². The number of amidine groups is 1. The number of thioether (sulfide) groups is 2. The summed E-state index contributed by atoms with van der Waals surface area (Å²) in [6.45, 7) is 2.05. The van der Waals surface area contributed by atoms with Crippen LogP contribution in [0.2, 0.25) is 0 Å². The van der Waals surface area contributed by atoms with Crippen molar-refractivity contribution in [3.05, 3.63) is 65.1 Å². The fourth-order valence-electron chi connectivity index (χ4n) is 3.34. The van der Waals surface area contributed by atoms with E-state index in [9.17, 15) is 4.79 Å². The molecule has 0 bridgehead atoms. The molecular formula is C22H19N7OS2. The summed E-state index contributed by atoms with van der Waals surface area (Å²) in [5.41, 5.74) is 8.67. The lowest BCUT2D eigenvalue weighted by atomic mass is 10.1. The van der Waals surface area contributed by atoms with Gasteiger partial charge in [-0.2, -0.15) is 0 Å². The maximum absolute atomic E-state index is 12.4. The number of para-hydroxylation sites is 1. The fourth-order valence-corrected chi connectivity index (χ4v) is 4.61. The van der Waals surface area contributed by atoms with Crippen molar-refractivity contribution >= 4 is 62.4 Å². The Balaban J connectivity index is 1.20. The molecular weight excluding hydrogens is 442 g/mol. The Hall–Kier alpha value is -3.37. The lowest BCUT2D eigenvalue weighted by Crippen LogP contribution is -2.32. The Morgan fingerprint density at radius 1 is 1.16 bits per heavy atom. The number of hydrogen-bond acceptors (Lipinski definition) is 8. The van der Waals surface area contributed by atoms with Gasteiger partial charge in [0.05, 0.1) is 17.0 Å². The predicted molar refractivity (Wildman–Crippen MR) is 130 cm³/mol. The molecule has 1 aliphatic rings. The molecule has 0 saturated carbocycles. The van der Waals surface area contributed by atoms with Crippen molar-refractivity contribution in [2.75, 3.05) is 5.75 Å². The summed E-state index contributed by atoms with van der Waals surface area (Å²) in [6, 6.07) is 16.1. The van der Waals surface area contributed by atoms with Gasteiger partial charge in [-0.25, -0.2) is 4.98 Å². The molecule has 32 heavy (non-hydrogen) atoms. The van der Waals surface area contributed by atoms with Crippen molar-refractivity contribution in [1.29, 1.82) is 0 Å². The average Bonchev–Trinajstić information content (AvgIpc) is 3.11. The molecule has 0 saturated heterocycles.